The Morgan fingerprint density at radius 1 is 1.10 bits per heavy atom. The summed E-state index contributed by atoms with van der Waals surface area (Å²) in [4.78, 5) is 28.1. The summed E-state index contributed by atoms with van der Waals surface area (Å²) in [7, 11) is 3.59. The van der Waals surface area contributed by atoms with Crippen molar-refractivity contribution < 1.29 is 4.79 Å². The molecule has 3 heterocycles. The van der Waals surface area contributed by atoms with E-state index in [0.29, 0.717) is 13.1 Å². The molecule has 2 aromatic heterocycles. The molecule has 1 aliphatic rings. The van der Waals surface area contributed by atoms with Crippen LogP contribution in [-0.2, 0) is 0 Å². The number of anilines is 1. The van der Waals surface area contributed by atoms with Gasteiger partial charge in [-0.3, -0.25) is 0 Å². The van der Waals surface area contributed by atoms with E-state index in [0.717, 1.165) is 54.3 Å². The third-order valence-corrected chi connectivity index (χ3v) is 5.82. The monoisotopic (exact) mass is 421 g/mol. The normalized spacial score (nSPS) is 15.4. The fourth-order valence-corrected chi connectivity index (χ4v) is 4.08. The molecule has 0 spiro atoms. The molecule has 1 aromatic carbocycles. The first kappa shape index (κ1) is 21.1. The number of carbonyl (C=O) groups excluding carboxylic acids is 1. The summed E-state index contributed by atoms with van der Waals surface area (Å²) in [6.07, 6.45) is 3.99. The zero-order valence-corrected chi connectivity index (χ0v) is 18.8. The second kappa shape index (κ2) is 8.91. The highest BCUT2D eigenvalue weighted by molar-refractivity contribution is 5.88. The van der Waals surface area contributed by atoms with Gasteiger partial charge in [-0.2, -0.15) is 5.10 Å². The Morgan fingerprint density at radius 3 is 2.45 bits per heavy atom. The molecule has 8 heteroatoms. The van der Waals surface area contributed by atoms with Crippen molar-refractivity contribution in [2.45, 2.75) is 32.6 Å². The maximum Gasteiger partial charge on any atom is 0.319 e. The zero-order valence-electron chi connectivity index (χ0n) is 18.8. The van der Waals surface area contributed by atoms with Gasteiger partial charge < -0.3 is 14.7 Å². The summed E-state index contributed by atoms with van der Waals surface area (Å²) >= 11 is 0. The van der Waals surface area contributed by atoms with Gasteiger partial charge in [-0.15, -0.1) is 0 Å². The molecular formula is C23H31N7O. The van der Waals surface area contributed by atoms with Crippen molar-refractivity contribution in [2.75, 3.05) is 45.2 Å². The van der Waals surface area contributed by atoms with Gasteiger partial charge in [-0.1, -0.05) is 38.5 Å². The molecule has 31 heavy (non-hydrogen) atoms. The summed E-state index contributed by atoms with van der Waals surface area (Å²) in [5, 5.41) is 5.60. The maximum absolute atomic E-state index is 12.3. The van der Waals surface area contributed by atoms with E-state index in [4.69, 9.17) is 9.97 Å². The molecule has 1 atom stereocenters. The van der Waals surface area contributed by atoms with Crippen molar-refractivity contribution in [1.82, 2.24) is 29.5 Å². The fourth-order valence-electron chi connectivity index (χ4n) is 4.08. The molecule has 4 rings (SSSR count). The minimum absolute atomic E-state index is 0.0571. The summed E-state index contributed by atoms with van der Waals surface area (Å²) in [5.41, 5.74) is 1.82. The summed E-state index contributed by atoms with van der Waals surface area (Å²) in [6.45, 7) is 7.20. The lowest BCUT2D eigenvalue weighted by Crippen LogP contribution is -2.51. The smallest absolute Gasteiger partial charge is 0.319 e. The number of rotatable bonds is 5. The molecule has 0 bridgehead atoms. The van der Waals surface area contributed by atoms with Crippen molar-refractivity contribution in [3.05, 3.63) is 42.4 Å². The average molecular weight is 422 g/mol. The van der Waals surface area contributed by atoms with Crippen LogP contribution in [0.15, 0.2) is 36.5 Å². The fraction of sp³-hybridized carbons (Fsp3) is 0.478. The quantitative estimate of drug-likeness (QED) is 0.630. The Balaban J connectivity index is 1.72. The van der Waals surface area contributed by atoms with Crippen LogP contribution in [0.3, 0.4) is 0 Å². The van der Waals surface area contributed by atoms with E-state index >= 15 is 0 Å². The van der Waals surface area contributed by atoms with Gasteiger partial charge in [-0.25, -0.2) is 19.4 Å². The number of urea groups is 1. The molecule has 0 unspecified atom stereocenters. The van der Waals surface area contributed by atoms with Crippen LogP contribution in [-0.4, -0.2) is 75.9 Å². The molecule has 1 fully saturated rings. The zero-order chi connectivity index (χ0) is 22.0. The molecule has 0 N–H and O–H groups in total. The number of hydrogen-bond donors (Lipinski definition) is 0. The molecule has 3 aromatic rings. The van der Waals surface area contributed by atoms with Crippen molar-refractivity contribution in [2.24, 2.45) is 0 Å². The van der Waals surface area contributed by atoms with Gasteiger partial charge in [0.15, 0.2) is 5.65 Å². The van der Waals surface area contributed by atoms with E-state index in [1.807, 2.05) is 46.1 Å². The SMILES string of the molecule is CCC[C@H](C)c1nc(N2CCN(C(=O)N(C)C)CC2)c2cnn(-c3ccccc3)c2n1. The number of amides is 2. The predicted molar refractivity (Wildman–Crippen MR) is 123 cm³/mol. The molecule has 0 aliphatic carbocycles. The van der Waals surface area contributed by atoms with Gasteiger partial charge in [0.2, 0.25) is 0 Å². The first-order valence-electron chi connectivity index (χ1n) is 11.0. The van der Waals surface area contributed by atoms with Crippen LogP contribution in [0.5, 0.6) is 0 Å². The van der Waals surface area contributed by atoms with Crippen LogP contribution in [0.25, 0.3) is 16.7 Å². The average Bonchev–Trinajstić information content (AvgIpc) is 3.23. The summed E-state index contributed by atoms with van der Waals surface area (Å²) < 4.78 is 1.90. The molecule has 164 valence electrons. The number of piperazine rings is 1. The Bertz CT molecular complexity index is 1040. The van der Waals surface area contributed by atoms with Gasteiger partial charge in [0.25, 0.3) is 0 Å². The highest BCUT2D eigenvalue weighted by atomic mass is 16.2. The van der Waals surface area contributed by atoms with Crippen molar-refractivity contribution in [3.63, 3.8) is 0 Å². The van der Waals surface area contributed by atoms with Crippen LogP contribution < -0.4 is 4.90 Å². The molecule has 0 radical (unpaired) electrons. The topological polar surface area (TPSA) is 70.4 Å². The van der Waals surface area contributed by atoms with Gasteiger partial charge in [-0.05, 0) is 18.6 Å². The summed E-state index contributed by atoms with van der Waals surface area (Å²) in [5.74, 6) is 2.04. The van der Waals surface area contributed by atoms with Crippen LogP contribution in [0.1, 0.15) is 38.4 Å². The minimum atomic E-state index is 0.0571. The minimum Gasteiger partial charge on any atom is -0.352 e. The molecule has 0 saturated carbocycles. The van der Waals surface area contributed by atoms with Crippen LogP contribution in [0, 0.1) is 0 Å². The third kappa shape index (κ3) is 4.19. The number of para-hydroxylation sites is 1. The standard InChI is InChI=1S/C23H31N7O/c1-5-9-17(2)20-25-21(28-12-14-29(15-13-28)23(31)27(3)4)19-16-24-30(22(19)26-20)18-10-7-6-8-11-18/h6-8,10-11,16-17H,5,9,12-15H2,1-4H3/t17-/m0/s1. The number of benzene rings is 1. The van der Waals surface area contributed by atoms with Gasteiger partial charge in [0.1, 0.15) is 11.6 Å². The molecule has 2 amide bonds. The van der Waals surface area contributed by atoms with E-state index < -0.39 is 0 Å². The lowest BCUT2D eigenvalue weighted by atomic mass is 10.1. The van der Waals surface area contributed by atoms with E-state index in [1.54, 1.807) is 19.0 Å². The Morgan fingerprint density at radius 2 is 1.81 bits per heavy atom. The van der Waals surface area contributed by atoms with Crippen molar-refractivity contribution >= 4 is 22.9 Å². The van der Waals surface area contributed by atoms with Gasteiger partial charge >= 0.3 is 6.03 Å². The number of hydrogen-bond acceptors (Lipinski definition) is 5. The second-order valence-corrected chi connectivity index (χ2v) is 8.38. The predicted octanol–water partition coefficient (Wildman–Crippen LogP) is 3.52. The van der Waals surface area contributed by atoms with Crippen LogP contribution >= 0.6 is 0 Å². The lowest BCUT2D eigenvalue weighted by molar-refractivity contribution is 0.168. The van der Waals surface area contributed by atoms with Crippen molar-refractivity contribution in [3.8, 4) is 5.69 Å². The van der Waals surface area contributed by atoms with E-state index in [1.165, 1.54) is 0 Å². The van der Waals surface area contributed by atoms with E-state index in [9.17, 15) is 4.79 Å². The van der Waals surface area contributed by atoms with Gasteiger partial charge in [0, 0.05) is 46.2 Å². The first-order valence-corrected chi connectivity index (χ1v) is 11.0. The number of fused-ring (bicyclic) bond motifs is 1. The maximum atomic E-state index is 12.3. The lowest BCUT2D eigenvalue weighted by Gasteiger charge is -2.36. The van der Waals surface area contributed by atoms with Crippen LogP contribution in [0.4, 0.5) is 10.6 Å². The van der Waals surface area contributed by atoms with Crippen LogP contribution in [0.2, 0.25) is 0 Å². The van der Waals surface area contributed by atoms with Gasteiger partial charge in [0.05, 0.1) is 17.3 Å². The second-order valence-electron chi connectivity index (χ2n) is 8.38. The molecule has 1 aliphatic heterocycles. The highest BCUT2D eigenvalue weighted by Crippen LogP contribution is 2.29. The highest BCUT2D eigenvalue weighted by Gasteiger charge is 2.26. The Labute approximate surface area is 183 Å². The van der Waals surface area contributed by atoms with Crippen molar-refractivity contribution in [1.29, 1.82) is 0 Å². The third-order valence-electron chi connectivity index (χ3n) is 5.82. The Kier molecular flexibility index (Phi) is 6.06. The Hall–Kier alpha value is -3.16. The first-order chi connectivity index (χ1) is 15.0. The van der Waals surface area contributed by atoms with E-state index in [2.05, 4.69) is 23.8 Å². The number of nitrogens with zero attached hydrogens (tertiary/aromatic N) is 7. The largest absolute Gasteiger partial charge is 0.352 e. The number of carbonyl (C=O) groups is 1. The van der Waals surface area contributed by atoms with E-state index in [-0.39, 0.29) is 11.9 Å². The summed E-state index contributed by atoms with van der Waals surface area (Å²) in [6, 6.07) is 10.1. The molecule has 8 nitrogen and oxygen atoms in total. The number of aromatic nitrogens is 4. The molecular weight excluding hydrogens is 390 g/mol. The molecule has 1 saturated heterocycles.